The van der Waals surface area contributed by atoms with Crippen molar-refractivity contribution in [2.24, 2.45) is 0 Å². The maximum Gasteiger partial charge on any atom is 0.472 e. The molecule has 0 spiro atoms. The molecule has 3 atom stereocenters. The van der Waals surface area contributed by atoms with Gasteiger partial charge in [0.15, 0.2) is 6.10 Å². The Hall–Kier alpha value is -2.04. The van der Waals surface area contributed by atoms with E-state index in [0.717, 1.165) is 96.3 Å². The predicted octanol–water partition coefficient (Wildman–Crippen LogP) is 14.7. The summed E-state index contributed by atoms with van der Waals surface area (Å²) in [4.78, 5) is 48.2. The second-order valence-corrected chi connectivity index (χ2v) is 19.1. The molecule has 0 bridgehead atoms. The summed E-state index contributed by atoms with van der Waals surface area (Å²) in [5.74, 6) is -1.47. The number of esters is 3. The fraction of sp³-hybridized carbons (Fsp3) is 0.865. The van der Waals surface area contributed by atoms with Gasteiger partial charge in [0.2, 0.25) is 0 Å². The van der Waals surface area contributed by atoms with E-state index in [1.54, 1.807) is 0 Å². The monoisotopic (exact) mass is 929 g/mol. The predicted molar refractivity (Wildman–Crippen MR) is 261 cm³/mol. The van der Waals surface area contributed by atoms with Gasteiger partial charge in [-0.15, -0.1) is 0 Å². The van der Waals surface area contributed by atoms with Crippen molar-refractivity contribution in [2.75, 3.05) is 26.4 Å². The molecule has 0 radical (unpaired) electrons. The average molecular weight is 929 g/mol. The van der Waals surface area contributed by atoms with Crippen LogP contribution in [0.1, 0.15) is 252 Å². The van der Waals surface area contributed by atoms with Crippen molar-refractivity contribution < 1.29 is 52.2 Å². The van der Waals surface area contributed by atoms with E-state index < -0.39 is 57.8 Å². The normalized spacial score (nSPS) is 13.6. The van der Waals surface area contributed by atoms with Gasteiger partial charge in [0, 0.05) is 19.3 Å². The van der Waals surface area contributed by atoms with Crippen LogP contribution in [-0.4, -0.2) is 66.5 Å². The van der Waals surface area contributed by atoms with E-state index in [1.807, 2.05) is 0 Å². The first kappa shape index (κ1) is 62.0. The molecule has 0 saturated heterocycles. The largest absolute Gasteiger partial charge is 0.472 e. The number of carbonyl (C=O) groups excluding carboxylic acids is 3. The second-order valence-electron chi connectivity index (χ2n) is 17.7. The zero-order valence-corrected chi connectivity index (χ0v) is 42.2. The Morgan fingerprint density at radius 1 is 0.422 bits per heavy atom. The van der Waals surface area contributed by atoms with E-state index in [2.05, 4.69) is 45.1 Å². The Morgan fingerprint density at radius 2 is 0.719 bits per heavy atom. The van der Waals surface area contributed by atoms with Crippen LogP contribution in [0.25, 0.3) is 0 Å². The Labute approximate surface area is 391 Å². The number of aliphatic hydroxyl groups is 1. The molecule has 12 heteroatoms. The molecule has 0 aromatic heterocycles. The summed E-state index contributed by atoms with van der Waals surface area (Å²) in [6.45, 7) is 4.60. The Morgan fingerprint density at radius 3 is 1.09 bits per heavy atom. The number of unbranched alkanes of at least 4 members (excludes halogenated alkanes) is 28. The maximum absolute atomic E-state index is 12.8. The van der Waals surface area contributed by atoms with Crippen LogP contribution >= 0.6 is 7.82 Å². The summed E-state index contributed by atoms with van der Waals surface area (Å²) < 4.78 is 39.3. The van der Waals surface area contributed by atoms with Crippen LogP contribution in [0.15, 0.2) is 24.3 Å². The molecule has 0 aliphatic heterocycles. The topological polar surface area (TPSA) is 155 Å². The zero-order chi connectivity index (χ0) is 47.0. The lowest BCUT2D eigenvalue weighted by Gasteiger charge is -2.21. The fourth-order valence-corrected chi connectivity index (χ4v) is 8.07. The zero-order valence-electron chi connectivity index (χ0n) is 41.3. The van der Waals surface area contributed by atoms with Gasteiger partial charge in [-0.05, 0) is 70.6 Å². The summed E-state index contributed by atoms with van der Waals surface area (Å²) >= 11 is 0. The van der Waals surface area contributed by atoms with Crippen LogP contribution in [0.4, 0.5) is 0 Å². The van der Waals surface area contributed by atoms with Crippen molar-refractivity contribution in [3.05, 3.63) is 24.3 Å². The lowest BCUT2D eigenvalue weighted by atomic mass is 10.1. The van der Waals surface area contributed by atoms with Crippen molar-refractivity contribution in [3.63, 3.8) is 0 Å². The first-order valence-electron chi connectivity index (χ1n) is 26.2. The fourth-order valence-electron chi connectivity index (χ4n) is 7.29. The summed E-state index contributed by atoms with van der Waals surface area (Å²) in [5, 5.41) is 9.76. The summed E-state index contributed by atoms with van der Waals surface area (Å²) in [5.41, 5.74) is 0. The molecule has 64 heavy (non-hydrogen) atoms. The third-order valence-electron chi connectivity index (χ3n) is 11.3. The minimum Gasteiger partial charge on any atom is -0.462 e. The molecule has 0 rings (SSSR count). The summed E-state index contributed by atoms with van der Waals surface area (Å²) in [7, 11) is -4.73. The number of allylic oxidation sites excluding steroid dienone is 4. The van der Waals surface area contributed by atoms with Gasteiger partial charge in [-0.25, -0.2) is 4.57 Å². The minimum atomic E-state index is -4.73. The van der Waals surface area contributed by atoms with Crippen LogP contribution in [-0.2, 0) is 42.2 Å². The smallest absolute Gasteiger partial charge is 0.462 e. The third kappa shape index (κ3) is 45.1. The van der Waals surface area contributed by atoms with Crippen molar-refractivity contribution in [1.82, 2.24) is 0 Å². The summed E-state index contributed by atoms with van der Waals surface area (Å²) in [6.07, 6.45) is 44.3. The lowest BCUT2D eigenvalue weighted by molar-refractivity contribution is -0.161. The van der Waals surface area contributed by atoms with E-state index in [9.17, 15) is 28.9 Å². The molecule has 0 fully saturated rings. The van der Waals surface area contributed by atoms with Crippen LogP contribution in [0.3, 0.4) is 0 Å². The van der Waals surface area contributed by atoms with Gasteiger partial charge in [-0.2, -0.15) is 0 Å². The van der Waals surface area contributed by atoms with Crippen LogP contribution < -0.4 is 0 Å². The van der Waals surface area contributed by atoms with Crippen LogP contribution in [0, 0.1) is 0 Å². The molecule has 0 aliphatic rings. The van der Waals surface area contributed by atoms with E-state index in [4.69, 9.17) is 23.3 Å². The van der Waals surface area contributed by atoms with Gasteiger partial charge < -0.3 is 24.2 Å². The molecule has 376 valence electrons. The SMILES string of the molecule is CCCCCC/C=C\CCCCCCCC(=O)OC(CO)COP(=O)(O)OCC(COC(=O)CCCCCCCCCCCCC)OC(=O)CCCCCCC/C=C\CCCCCC. The van der Waals surface area contributed by atoms with E-state index in [1.165, 1.54) is 96.3 Å². The third-order valence-corrected chi connectivity index (χ3v) is 12.3. The number of aliphatic hydroxyl groups excluding tert-OH is 1. The Bertz CT molecular complexity index is 1180. The molecular weight excluding hydrogens is 832 g/mol. The first-order valence-corrected chi connectivity index (χ1v) is 27.7. The standard InChI is InChI=1S/C52H97O11P/c1-4-7-10-13-16-19-22-24-27-30-33-36-39-42-51(55)62-48(44-53)46-60-64(57,58)61-47-49(45-59-50(54)41-38-35-32-29-26-21-18-15-12-9-6-3)63-52(56)43-40-37-34-31-28-25-23-20-17-14-11-8-5-2/h19-20,22-23,48-49,53H,4-18,21,24-47H2,1-3H3,(H,57,58)/b22-19-,23-20-. The van der Waals surface area contributed by atoms with E-state index >= 15 is 0 Å². The van der Waals surface area contributed by atoms with Gasteiger partial charge in [-0.1, -0.05) is 186 Å². The number of phosphoric ester groups is 1. The van der Waals surface area contributed by atoms with Crippen molar-refractivity contribution in [1.29, 1.82) is 0 Å². The maximum atomic E-state index is 12.8. The molecule has 0 amide bonds. The molecule has 11 nitrogen and oxygen atoms in total. The molecule has 3 unspecified atom stereocenters. The van der Waals surface area contributed by atoms with Gasteiger partial charge in [0.25, 0.3) is 0 Å². The Balaban J connectivity index is 4.72. The van der Waals surface area contributed by atoms with Gasteiger partial charge in [-0.3, -0.25) is 23.4 Å². The molecule has 0 aromatic rings. The van der Waals surface area contributed by atoms with Gasteiger partial charge >= 0.3 is 25.7 Å². The molecule has 0 aromatic carbocycles. The molecule has 2 N–H and O–H groups in total. The molecule has 0 saturated carbocycles. The highest BCUT2D eigenvalue weighted by Gasteiger charge is 2.28. The van der Waals surface area contributed by atoms with Gasteiger partial charge in [0.05, 0.1) is 19.8 Å². The molecular formula is C52H97O11P. The highest BCUT2D eigenvalue weighted by Crippen LogP contribution is 2.43. The number of hydrogen-bond acceptors (Lipinski definition) is 10. The number of carbonyl (C=O) groups is 3. The lowest BCUT2D eigenvalue weighted by Crippen LogP contribution is -2.30. The quantitative estimate of drug-likeness (QED) is 0.0197. The first-order chi connectivity index (χ1) is 31.2. The average Bonchev–Trinajstić information content (AvgIpc) is 3.28. The van der Waals surface area contributed by atoms with Gasteiger partial charge in [0.1, 0.15) is 12.7 Å². The number of rotatable bonds is 49. The van der Waals surface area contributed by atoms with Crippen molar-refractivity contribution >= 4 is 25.7 Å². The van der Waals surface area contributed by atoms with Crippen molar-refractivity contribution in [3.8, 4) is 0 Å². The number of hydrogen-bond donors (Lipinski definition) is 2. The minimum absolute atomic E-state index is 0.161. The highest BCUT2D eigenvalue weighted by molar-refractivity contribution is 7.47. The second kappa shape index (κ2) is 47.5. The summed E-state index contributed by atoms with van der Waals surface area (Å²) in [6, 6.07) is 0. The number of phosphoric acid groups is 1. The highest BCUT2D eigenvalue weighted by atomic mass is 31.2. The molecule has 0 aliphatic carbocycles. The van der Waals surface area contributed by atoms with E-state index in [-0.39, 0.29) is 25.9 Å². The number of ether oxygens (including phenoxy) is 3. The van der Waals surface area contributed by atoms with Crippen molar-refractivity contribution in [2.45, 2.75) is 264 Å². The van der Waals surface area contributed by atoms with Crippen LogP contribution in [0.2, 0.25) is 0 Å². The molecule has 0 heterocycles. The Kier molecular flexibility index (Phi) is 45.9. The van der Waals surface area contributed by atoms with E-state index in [0.29, 0.717) is 19.3 Å². The van der Waals surface area contributed by atoms with Crippen LogP contribution in [0.5, 0.6) is 0 Å².